The van der Waals surface area contributed by atoms with Crippen molar-refractivity contribution >= 4 is 17.7 Å². The predicted octanol–water partition coefficient (Wildman–Crippen LogP) is 4.12. The van der Waals surface area contributed by atoms with Gasteiger partial charge in [0.05, 0.1) is 0 Å². The van der Waals surface area contributed by atoms with E-state index in [1.165, 1.54) is 0 Å². The first-order valence-electron chi connectivity index (χ1n) is 7.68. The number of hydrogen-bond acceptors (Lipinski definition) is 3. The highest BCUT2D eigenvalue weighted by Gasteiger charge is 2.31. The molecule has 2 unspecified atom stereocenters. The van der Waals surface area contributed by atoms with Crippen LogP contribution in [0.4, 0.5) is 0 Å². The van der Waals surface area contributed by atoms with Gasteiger partial charge < -0.3 is 4.90 Å². The number of amides is 1. The summed E-state index contributed by atoms with van der Waals surface area (Å²) in [4.78, 5) is 18.8. The van der Waals surface area contributed by atoms with Crippen molar-refractivity contribution in [2.45, 2.75) is 45.9 Å². The Balaban J connectivity index is 1.98. The maximum Gasteiger partial charge on any atom is 0.224 e. The SMILES string of the molecule is CC(CC(=O)N1CCSC1c1cccnc1)CC(C)(C)C. The van der Waals surface area contributed by atoms with Crippen LogP contribution in [-0.2, 0) is 4.79 Å². The zero-order valence-electron chi connectivity index (χ0n) is 13.5. The highest BCUT2D eigenvalue weighted by molar-refractivity contribution is 7.99. The fraction of sp³-hybridized carbons (Fsp3) is 0.647. The van der Waals surface area contributed by atoms with E-state index in [0.717, 1.165) is 24.3 Å². The van der Waals surface area contributed by atoms with Crippen molar-refractivity contribution in [3.8, 4) is 0 Å². The molecule has 1 aliphatic heterocycles. The fourth-order valence-corrected chi connectivity index (χ4v) is 4.32. The van der Waals surface area contributed by atoms with Gasteiger partial charge in [0.1, 0.15) is 5.37 Å². The van der Waals surface area contributed by atoms with Crippen molar-refractivity contribution in [2.75, 3.05) is 12.3 Å². The summed E-state index contributed by atoms with van der Waals surface area (Å²) in [5.41, 5.74) is 1.42. The van der Waals surface area contributed by atoms with E-state index in [4.69, 9.17) is 0 Å². The van der Waals surface area contributed by atoms with E-state index < -0.39 is 0 Å². The third-order valence-corrected chi connectivity index (χ3v) is 4.93. The third-order valence-electron chi connectivity index (χ3n) is 3.66. The summed E-state index contributed by atoms with van der Waals surface area (Å²) in [6.07, 6.45) is 5.38. The Kier molecular flexibility index (Phi) is 5.31. The van der Waals surface area contributed by atoms with Crippen molar-refractivity contribution in [3.63, 3.8) is 0 Å². The molecule has 1 aromatic heterocycles. The maximum absolute atomic E-state index is 12.6. The molecular weight excluding hydrogens is 280 g/mol. The molecule has 1 aliphatic rings. The highest BCUT2D eigenvalue weighted by Crippen LogP contribution is 2.38. The molecule has 21 heavy (non-hydrogen) atoms. The molecule has 0 N–H and O–H groups in total. The Morgan fingerprint density at radius 2 is 2.29 bits per heavy atom. The van der Waals surface area contributed by atoms with Crippen LogP contribution in [0, 0.1) is 11.3 Å². The van der Waals surface area contributed by atoms with Gasteiger partial charge in [0.15, 0.2) is 0 Å². The van der Waals surface area contributed by atoms with Crippen LogP contribution in [-0.4, -0.2) is 28.1 Å². The number of pyridine rings is 1. The molecule has 2 atom stereocenters. The quantitative estimate of drug-likeness (QED) is 0.839. The predicted molar refractivity (Wildman–Crippen MR) is 89.0 cm³/mol. The van der Waals surface area contributed by atoms with Crippen molar-refractivity contribution in [1.82, 2.24) is 9.88 Å². The van der Waals surface area contributed by atoms with Gasteiger partial charge in [-0.05, 0) is 23.8 Å². The van der Waals surface area contributed by atoms with Gasteiger partial charge in [-0.15, -0.1) is 11.8 Å². The molecule has 0 aromatic carbocycles. The Bertz CT molecular complexity index is 469. The molecule has 2 heterocycles. The first-order chi connectivity index (χ1) is 9.87. The van der Waals surface area contributed by atoms with Gasteiger partial charge in [0.25, 0.3) is 0 Å². The van der Waals surface area contributed by atoms with E-state index in [0.29, 0.717) is 12.3 Å². The van der Waals surface area contributed by atoms with Crippen molar-refractivity contribution in [3.05, 3.63) is 30.1 Å². The Labute approximate surface area is 132 Å². The Morgan fingerprint density at radius 3 is 2.90 bits per heavy atom. The summed E-state index contributed by atoms with van der Waals surface area (Å²) in [7, 11) is 0. The number of thioether (sulfide) groups is 1. The summed E-state index contributed by atoms with van der Waals surface area (Å²) in [5, 5.41) is 0.146. The second-order valence-electron chi connectivity index (χ2n) is 7.17. The van der Waals surface area contributed by atoms with Crippen molar-refractivity contribution in [1.29, 1.82) is 0 Å². The minimum absolute atomic E-state index is 0.146. The molecule has 0 saturated carbocycles. The molecule has 2 rings (SSSR count). The second-order valence-corrected chi connectivity index (χ2v) is 8.36. The minimum Gasteiger partial charge on any atom is -0.326 e. The molecule has 3 nitrogen and oxygen atoms in total. The lowest BCUT2D eigenvalue weighted by atomic mass is 9.84. The Hall–Kier alpha value is -1.03. The molecule has 1 amide bonds. The normalized spacial score (nSPS) is 20.6. The summed E-state index contributed by atoms with van der Waals surface area (Å²) in [6, 6.07) is 4.01. The van der Waals surface area contributed by atoms with Crippen LogP contribution in [0.1, 0.15) is 51.5 Å². The monoisotopic (exact) mass is 306 g/mol. The molecular formula is C17H26N2OS. The fourth-order valence-electron chi connectivity index (χ4n) is 3.06. The van der Waals surface area contributed by atoms with Gasteiger partial charge in [0.2, 0.25) is 5.91 Å². The molecule has 0 spiro atoms. The minimum atomic E-state index is 0.146. The number of carbonyl (C=O) groups is 1. The number of rotatable bonds is 4. The molecule has 116 valence electrons. The summed E-state index contributed by atoms with van der Waals surface area (Å²) >= 11 is 1.84. The topological polar surface area (TPSA) is 33.2 Å². The van der Waals surface area contributed by atoms with Crippen LogP contribution in [0.25, 0.3) is 0 Å². The van der Waals surface area contributed by atoms with E-state index in [2.05, 4.69) is 38.7 Å². The van der Waals surface area contributed by atoms with Gasteiger partial charge in [-0.2, -0.15) is 0 Å². The first kappa shape index (κ1) is 16.3. The number of nitrogens with zero attached hydrogens (tertiary/aromatic N) is 2. The lowest BCUT2D eigenvalue weighted by Crippen LogP contribution is -2.32. The molecule has 0 bridgehead atoms. The van der Waals surface area contributed by atoms with Crippen molar-refractivity contribution < 1.29 is 4.79 Å². The van der Waals surface area contributed by atoms with Crippen LogP contribution in [0.2, 0.25) is 0 Å². The van der Waals surface area contributed by atoms with E-state index >= 15 is 0 Å². The molecule has 0 aliphatic carbocycles. The van der Waals surface area contributed by atoms with Crippen LogP contribution in [0.3, 0.4) is 0 Å². The van der Waals surface area contributed by atoms with E-state index in [-0.39, 0.29) is 16.7 Å². The van der Waals surface area contributed by atoms with E-state index in [9.17, 15) is 4.79 Å². The van der Waals surface area contributed by atoms with E-state index in [1.54, 1.807) is 6.20 Å². The smallest absolute Gasteiger partial charge is 0.224 e. The lowest BCUT2D eigenvalue weighted by molar-refractivity contribution is -0.132. The molecule has 1 fully saturated rings. The van der Waals surface area contributed by atoms with Gasteiger partial charge in [0, 0.05) is 36.7 Å². The molecule has 1 saturated heterocycles. The largest absolute Gasteiger partial charge is 0.326 e. The molecule has 1 aromatic rings. The van der Waals surface area contributed by atoms with Gasteiger partial charge >= 0.3 is 0 Å². The van der Waals surface area contributed by atoms with Gasteiger partial charge in [-0.25, -0.2) is 0 Å². The number of carbonyl (C=O) groups excluding carboxylic acids is 1. The summed E-state index contributed by atoms with van der Waals surface area (Å²) in [5.74, 6) is 1.72. The molecule has 0 radical (unpaired) electrons. The zero-order chi connectivity index (χ0) is 15.5. The standard InChI is InChI=1S/C17H26N2OS/c1-13(11-17(2,3)4)10-15(20)19-8-9-21-16(19)14-6-5-7-18-12-14/h5-7,12-13,16H,8-11H2,1-4H3. The average Bonchev–Trinajstić information content (AvgIpc) is 2.86. The summed E-state index contributed by atoms with van der Waals surface area (Å²) < 4.78 is 0. The average molecular weight is 306 g/mol. The van der Waals surface area contributed by atoms with E-state index in [1.807, 2.05) is 28.9 Å². The highest BCUT2D eigenvalue weighted by atomic mass is 32.2. The van der Waals surface area contributed by atoms with Crippen LogP contribution in [0.15, 0.2) is 24.5 Å². The number of aromatic nitrogens is 1. The van der Waals surface area contributed by atoms with Crippen LogP contribution in [0.5, 0.6) is 0 Å². The summed E-state index contributed by atoms with van der Waals surface area (Å²) in [6.45, 7) is 9.74. The maximum atomic E-state index is 12.6. The van der Waals surface area contributed by atoms with Gasteiger partial charge in [-0.1, -0.05) is 33.8 Å². The van der Waals surface area contributed by atoms with Crippen LogP contribution < -0.4 is 0 Å². The van der Waals surface area contributed by atoms with Crippen LogP contribution >= 0.6 is 11.8 Å². The second kappa shape index (κ2) is 6.82. The zero-order valence-corrected chi connectivity index (χ0v) is 14.3. The van der Waals surface area contributed by atoms with Gasteiger partial charge in [-0.3, -0.25) is 9.78 Å². The Morgan fingerprint density at radius 1 is 1.52 bits per heavy atom. The third kappa shape index (κ3) is 4.73. The molecule has 4 heteroatoms. The number of hydrogen-bond donors (Lipinski definition) is 0. The lowest BCUT2D eigenvalue weighted by Gasteiger charge is -2.27. The first-order valence-corrected chi connectivity index (χ1v) is 8.73. The van der Waals surface area contributed by atoms with Crippen molar-refractivity contribution in [2.24, 2.45) is 11.3 Å².